The molecular weight excluding hydrogens is 234 g/mol. The molecular formula is C14H16F2N2. The van der Waals surface area contributed by atoms with Crippen LogP contribution in [0.3, 0.4) is 0 Å². The molecule has 1 aromatic carbocycles. The zero-order valence-corrected chi connectivity index (χ0v) is 10.9. The summed E-state index contributed by atoms with van der Waals surface area (Å²) >= 11 is 0. The van der Waals surface area contributed by atoms with Gasteiger partial charge in [0.15, 0.2) is 11.6 Å². The predicted molar refractivity (Wildman–Crippen MR) is 66.3 cm³/mol. The summed E-state index contributed by atoms with van der Waals surface area (Å²) < 4.78 is 26.3. The Balaban J connectivity index is 2.11. The smallest absolute Gasteiger partial charge is 0.161 e. The molecule has 0 atom stereocenters. The number of nitrogens with zero attached hydrogens (tertiary/aromatic N) is 1. The van der Waals surface area contributed by atoms with Crippen molar-refractivity contribution in [1.82, 2.24) is 9.97 Å². The third-order valence-electron chi connectivity index (χ3n) is 4.84. The Kier molecular flexibility index (Phi) is 2.01. The van der Waals surface area contributed by atoms with E-state index in [0.29, 0.717) is 17.0 Å². The second-order valence-corrected chi connectivity index (χ2v) is 6.28. The number of H-pyrrole nitrogens is 1. The Morgan fingerprint density at radius 1 is 1.06 bits per heavy atom. The van der Waals surface area contributed by atoms with Crippen LogP contribution in [0.15, 0.2) is 12.1 Å². The van der Waals surface area contributed by atoms with E-state index in [1.807, 2.05) is 0 Å². The predicted octanol–water partition coefficient (Wildman–Crippen LogP) is 3.99. The van der Waals surface area contributed by atoms with E-state index >= 15 is 0 Å². The minimum Gasteiger partial charge on any atom is -0.342 e. The zero-order valence-electron chi connectivity index (χ0n) is 10.9. The molecule has 1 aliphatic rings. The highest BCUT2D eigenvalue weighted by Crippen LogP contribution is 2.73. The molecule has 2 nitrogen and oxygen atoms in total. The third kappa shape index (κ3) is 1.29. The Labute approximate surface area is 104 Å². The molecule has 0 aliphatic heterocycles. The van der Waals surface area contributed by atoms with E-state index in [0.717, 1.165) is 11.9 Å². The van der Waals surface area contributed by atoms with Crippen LogP contribution in [0.4, 0.5) is 8.78 Å². The molecule has 0 radical (unpaired) electrons. The van der Waals surface area contributed by atoms with E-state index in [2.05, 4.69) is 37.7 Å². The molecule has 1 fully saturated rings. The fourth-order valence-corrected chi connectivity index (χ4v) is 3.04. The molecule has 0 spiro atoms. The zero-order chi connectivity index (χ0) is 13.3. The second-order valence-electron chi connectivity index (χ2n) is 6.28. The van der Waals surface area contributed by atoms with E-state index in [4.69, 9.17) is 0 Å². The SMILES string of the molecule is CC1(C)C(c2nc3cc(F)c(F)cc3[nH]2)C1(C)C. The van der Waals surface area contributed by atoms with Crippen molar-refractivity contribution < 1.29 is 8.78 Å². The molecule has 18 heavy (non-hydrogen) atoms. The van der Waals surface area contributed by atoms with Gasteiger partial charge in [0.05, 0.1) is 11.0 Å². The second kappa shape index (κ2) is 3.11. The Bertz CT molecular complexity index is 588. The first-order valence-corrected chi connectivity index (χ1v) is 6.10. The number of fused-ring (bicyclic) bond motifs is 1. The van der Waals surface area contributed by atoms with Crippen molar-refractivity contribution in [3.63, 3.8) is 0 Å². The van der Waals surface area contributed by atoms with Crippen molar-refractivity contribution >= 4 is 11.0 Å². The normalized spacial score (nSPS) is 21.4. The fourth-order valence-electron chi connectivity index (χ4n) is 3.04. The van der Waals surface area contributed by atoms with Gasteiger partial charge < -0.3 is 4.98 Å². The number of nitrogens with one attached hydrogen (secondary N) is 1. The van der Waals surface area contributed by atoms with E-state index in [1.54, 1.807) is 0 Å². The van der Waals surface area contributed by atoms with Gasteiger partial charge in [0, 0.05) is 18.1 Å². The summed E-state index contributed by atoms with van der Waals surface area (Å²) in [7, 11) is 0. The maximum atomic E-state index is 13.2. The van der Waals surface area contributed by atoms with Crippen LogP contribution in [-0.2, 0) is 0 Å². The van der Waals surface area contributed by atoms with E-state index in [9.17, 15) is 8.78 Å². The van der Waals surface area contributed by atoms with Gasteiger partial charge >= 0.3 is 0 Å². The molecule has 1 aliphatic carbocycles. The molecule has 0 unspecified atom stereocenters. The van der Waals surface area contributed by atoms with Crippen molar-refractivity contribution in [2.24, 2.45) is 10.8 Å². The highest BCUT2D eigenvalue weighted by molar-refractivity contribution is 5.75. The van der Waals surface area contributed by atoms with E-state index in [1.165, 1.54) is 6.07 Å². The lowest BCUT2D eigenvalue weighted by Crippen LogP contribution is -1.95. The molecule has 3 rings (SSSR count). The molecule has 2 aromatic rings. The van der Waals surface area contributed by atoms with Crippen LogP contribution in [0.1, 0.15) is 39.4 Å². The molecule has 4 heteroatoms. The average Bonchev–Trinajstić information content (AvgIpc) is 2.56. The van der Waals surface area contributed by atoms with Gasteiger partial charge in [-0.15, -0.1) is 0 Å². The number of halogens is 2. The fraction of sp³-hybridized carbons (Fsp3) is 0.500. The van der Waals surface area contributed by atoms with E-state index in [-0.39, 0.29) is 10.8 Å². The Hall–Kier alpha value is -1.45. The first-order chi connectivity index (χ1) is 8.25. The summed E-state index contributed by atoms with van der Waals surface area (Å²) in [6.45, 7) is 8.75. The van der Waals surface area contributed by atoms with Gasteiger partial charge in [0.1, 0.15) is 5.82 Å². The molecule has 0 amide bonds. The van der Waals surface area contributed by atoms with Crippen LogP contribution in [-0.4, -0.2) is 9.97 Å². The quantitative estimate of drug-likeness (QED) is 0.814. The van der Waals surface area contributed by atoms with Gasteiger partial charge in [-0.25, -0.2) is 13.8 Å². The largest absolute Gasteiger partial charge is 0.342 e. The monoisotopic (exact) mass is 250 g/mol. The molecule has 0 bridgehead atoms. The van der Waals surface area contributed by atoms with Crippen molar-refractivity contribution in [2.45, 2.75) is 33.6 Å². The molecule has 1 heterocycles. The first kappa shape index (κ1) is 11.6. The standard InChI is InChI=1S/C14H16F2N2/c1-13(2)11(14(13,3)4)12-17-9-5-7(15)8(16)6-10(9)18-12/h5-6,11H,1-4H3,(H,17,18). The van der Waals surface area contributed by atoms with Crippen LogP contribution in [0, 0.1) is 22.5 Å². The van der Waals surface area contributed by atoms with Gasteiger partial charge in [-0.05, 0) is 10.8 Å². The van der Waals surface area contributed by atoms with Crippen molar-refractivity contribution in [1.29, 1.82) is 0 Å². The van der Waals surface area contributed by atoms with Crippen LogP contribution >= 0.6 is 0 Å². The van der Waals surface area contributed by atoms with Crippen LogP contribution in [0.25, 0.3) is 11.0 Å². The highest BCUT2D eigenvalue weighted by Gasteiger charge is 2.66. The highest BCUT2D eigenvalue weighted by atomic mass is 19.2. The van der Waals surface area contributed by atoms with Gasteiger partial charge in [0.25, 0.3) is 0 Å². The van der Waals surface area contributed by atoms with Gasteiger partial charge in [-0.3, -0.25) is 0 Å². The third-order valence-corrected chi connectivity index (χ3v) is 4.84. The average molecular weight is 250 g/mol. The number of hydrogen-bond donors (Lipinski definition) is 1. The number of imidazole rings is 1. The molecule has 1 aromatic heterocycles. The van der Waals surface area contributed by atoms with Gasteiger partial charge in [-0.2, -0.15) is 0 Å². The van der Waals surface area contributed by atoms with Crippen molar-refractivity contribution in [3.8, 4) is 0 Å². The van der Waals surface area contributed by atoms with Crippen molar-refractivity contribution in [2.75, 3.05) is 0 Å². The summed E-state index contributed by atoms with van der Waals surface area (Å²) in [5.74, 6) is -0.574. The number of rotatable bonds is 1. The number of aromatic amines is 1. The maximum absolute atomic E-state index is 13.2. The van der Waals surface area contributed by atoms with Gasteiger partial charge in [0.2, 0.25) is 0 Å². The number of hydrogen-bond acceptors (Lipinski definition) is 1. The molecule has 96 valence electrons. The Morgan fingerprint density at radius 3 is 2.17 bits per heavy atom. The number of benzene rings is 1. The lowest BCUT2D eigenvalue weighted by Gasteiger charge is -2.03. The van der Waals surface area contributed by atoms with Crippen LogP contribution < -0.4 is 0 Å². The minimum absolute atomic E-state index is 0.151. The Morgan fingerprint density at radius 2 is 1.61 bits per heavy atom. The van der Waals surface area contributed by atoms with E-state index < -0.39 is 11.6 Å². The van der Waals surface area contributed by atoms with Gasteiger partial charge in [-0.1, -0.05) is 27.7 Å². The summed E-state index contributed by atoms with van der Waals surface area (Å²) in [5, 5.41) is 0. The van der Waals surface area contributed by atoms with Crippen LogP contribution in [0.5, 0.6) is 0 Å². The number of aromatic nitrogens is 2. The lowest BCUT2D eigenvalue weighted by molar-refractivity contribution is 0.457. The topological polar surface area (TPSA) is 28.7 Å². The lowest BCUT2D eigenvalue weighted by atomic mass is 10.0. The van der Waals surface area contributed by atoms with Crippen LogP contribution in [0.2, 0.25) is 0 Å². The van der Waals surface area contributed by atoms with Crippen molar-refractivity contribution in [3.05, 3.63) is 29.6 Å². The summed E-state index contributed by atoms with van der Waals surface area (Å²) in [6.07, 6.45) is 0. The molecule has 0 saturated heterocycles. The molecule has 1 saturated carbocycles. The summed E-state index contributed by atoms with van der Waals surface area (Å²) in [4.78, 5) is 7.52. The summed E-state index contributed by atoms with van der Waals surface area (Å²) in [5.41, 5.74) is 1.35. The summed E-state index contributed by atoms with van der Waals surface area (Å²) in [6, 6.07) is 2.32. The maximum Gasteiger partial charge on any atom is 0.161 e. The molecule has 1 N–H and O–H groups in total. The minimum atomic E-state index is -0.852. The first-order valence-electron chi connectivity index (χ1n) is 6.10.